The Labute approximate surface area is 224 Å². The Morgan fingerprint density at radius 2 is 1.97 bits per heavy atom. The highest BCUT2D eigenvalue weighted by Crippen LogP contribution is 2.27. The first-order chi connectivity index (χ1) is 18.8. The van der Waals surface area contributed by atoms with Crippen LogP contribution in [0.1, 0.15) is 36.9 Å². The van der Waals surface area contributed by atoms with Crippen molar-refractivity contribution in [3.05, 3.63) is 92.8 Å². The van der Waals surface area contributed by atoms with Gasteiger partial charge >= 0.3 is 5.69 Å². The largest absolute Gasteiger partial charge is 0.356 e. The van der Waals surface area contributed by atoms with Gasteiger partial charge in [-0.25, -0.2) is 9.48 Å². The number of anilines is 2. The summed E-state index contributed by atoms with van der Waals surface area (Å²) in [5.41, 5.74) is 2.56. The molecule has 0 unspecified atom stereocenters. The molecule has 1 N–H and O–H groups in total. The number of nitrogens with zero attached hydrogens (tertiary/aromatic N) is 7. The van der Waals surface area contributed by atoms with Crippen LogP contribution in [0.5, 0.6) is 0 Å². The molecule has 11 nitrogen and oxygen atoms in total. The highest BCUT2D eigenvalue weighted by Gasteiger charge is 2.26. The highest BCUT2D eigenvalue weighted by atomic mass is 16.2. The molecule has 0 bridgehead atoms. The third-order valence-corrected chi connectivity index (χ3v) is 6.93. The fourth-order valence-corrected chi connectivity index (χ4v) is 4.93. The minimum atomic E-state index is -0.436. The Balaban J connectivity index is 1.44. The van der Waals surface area contributed by atoms with E-state index in [9.17, 15) is 19.6 Å². The van der Waals surface area contributed by atoms with Crippen molar-refractivity contribution >= 4 is 17.4 Å². The van der Waals surface area contributed by atoms with Crippen molar-refractivity contribution in [2.75, 3.05) is 23.3 Å². The monoisotopic (exact) mass is 524 g/mol. The standard InChI is InChI=1S/C28H28N8O3/c1-19(37)30-23-10-5-9-20(13-23)25-18-36(32-31-25)24-11-6-12-34(17-24)26-14-27(38)33(2)28(39)35(26)16-22-8-4-3-7-21(22)15-29/h3-5,7-10,13-14,18,24H,6,11-12,16-17H2,1-2H3,(H,30,37)/t24-/m1/s1. The number of rotatable bonds is 6. The van der Waals surface area contributed by atoms with Gasteiger partial charge in [-0.15, -0.1) is 5.10 Å². The molecular formula is C28H28N8O3. The summed E-state index contributed by atoms with van der Waals surface area (Å²) in [7, 11) is 1.46. The number of benzene rings is 2. The van der Waals surface area contributed by atoms with Gasteiger partial charge in [-0.3, -0.25) is 18.7 Å². The zero-order valence-corrected chi connectivity index (χ0v) is 21.7. The van der Waals surface area contributed by atoms with Crippen LogP contribution >= 0.6 is 0 Å². The van der Waals surface area contributed by atoms with E-state index >= 15 is 0 Å². The third-order valence-electron chi connectivity index (χ3n) is 6.93. The number of carbonyl (C=O) groups is 1. The van der Waals surface area contributed by atoms with Crippen molar-refractivity contribution in [2.24, 2.45) is 7.05 Å². The predicted octanol–water partition coefficient (Wildman–Crippen LogP) is 2.53. The zero-order valence-electron chi connectivity index (χ0n) is 21.7. The molecule has 3 heterocycles. The lowest BCUT2D eigenvalue weighted by molar-refractivity contribution is -0.114. The van der Waals surface area contributed by atoms with E-state index < -0.39 is 5.69 Å². The number of aromatic nitrogens is 5. The fraction of sp³-hybridized carbons (Fsp3) is 0.286. The summed E-state index contributed by atoms with van der Waals surface area (Å²) >= 11 is 0. The average molecular weight is 525 g/mol. The van der Waals surface area contributed by atoms with E-state index in [1.807, 2.05) is 52.2 Å². The molecule has 0 saturated carbocycles. The molecule has 1 amide bonds. The molecule has 0 aliphatic carbocycles. The molecule has 1 aliphatic heterocycles. The van der Waals surface area contributed by atoms with E-state index in [4.69, 9.17) is 0 Å². The Kier molecular flexibility index (Phi) is 7.10. The van der Waals surface area contributed by atoms with Gasteiger partial charge in [0.1, 0.15) is 11.5 Å². The van der Waals surface area contributed by atoms with Gasteiger partial charge < -0.3 is 10.2 Å². The normalized spacial score (nSPS) is 15.1. The van der Waals surface area contributed by atoms with Gasteiger partial charge in [-0.2, -0.15) is 5.26 Å². The minimum Gasteiger partial charge on any atom is -0.356 e. The van der Waals surface area contributed by atoms with Crippen molar-refractivity contribution in [3.8, 4) is 17.3 Å². The Hall–Kier alpha value is -4.98. The van der Waals surface area contributed by atoms with Gasteiger partial charge in [0.15, 0.2) is 0 Å². The first-order valence-electron chi connectivity index (χ1n) is 12.7. The van der Waals surface area contributed by atoms with E-state index in [0.717, 1.165) is 23.0 Å². The average Bonchev–Trinajstić information content (AvgIpc) is 3.44. The van der Waals surface area contributed by atoms with Crippen molar-refractivity contribution in [1.29, 1.82) is 5.26 Å². The lowest BCUT2D eigenvalue weighted by atomic mass is 10.1. The summed E-state index contributed by atoms with van der Waals surface area (Å²) in [6.07, 6.45) is 3.56. The molecule has 0 radical (unpaired) electrons. The van der Waals surface area contributed by atoms with Crippen molar-refractivity contribution < 1.29 is 4.79 Å². The second kappa shape index (κ2) is 10.8. The molecule has 1 aliphatic rings. The summed E-state index contributed by atoms with van der Waals surface area (Å²) < 4.78 is 4.46. The molecule has 1 fully saturated rings. The van der Waals surface area contributed by atoms with Crippen molar-refractivity contribution in [2.45, 2.75) is 32.4 Å². The molecule has 4 aromatic rings. The van der Waals surface area contributed by atoms with Gasteiger partial charge in [-0.05, 0) is 36.6 Å². The molecular weight excluding hydrogens is 496 g/mol. The molecule has 0 spiro atoms. The number of nitriles is 1. The summed E-state index contributed by atoms with van der Waals surface area (Å²) in [4.78, 5) is 39.3. The zero-order chi connectivity index (χ0) is 27.5. The van der Waals surface area contributed by atoms with Crippen LogP contribution in [-0.2, 0) is 18.4 Å². The maximum atomic E-state index is 13.2. The minimum absolute atomic E-state index is 0.0301. The Morgan fingerprint density at radius 3 is 2.77 bits per heavy atom. The maximum absolute atomic E-state index is 13.2. The molecule has 1 saturated heterocycles. The molecule has 39 heavy (non-hydrogen) atoms. The highest BCUT2D eigenvalue weighted by molar-refractivity contribution is 5.89. The maximum Gasteiger partial charge on any atom is 0.332 e. The molecule has 11 heteroatoms. The second-order valence-corrected chi connectivity index (χ2v) is 9.63. The van der Waals surface area contributed by atoms with Crippen molar-refractivity contribution in [3.63, 3.8) is 0 Å². The quantitative estimate of drug-likeness (QED) is 0.410. The van der Waals surface area contributed by atoms with Crippen LogP contribution in [0.3, 0.4) is 0 Å². The molecule has 198 valence electrons. The van der Waals surface area contributed by atoms with Crippen LogP contribution in [0.4, 0.5) is 11.5 Å². The smallest absolute Gasteiger partial charge is 0.332 e. The summed E-state index contributed by atoms with van der Waals surface area (Å²) in [5, 5.41) is 21.1. The van der Waals surface area contributed by atoms with Gasteiger partial charge in [-0.1, -0.05) is 35.5 Å². The van der Waals surface area contributed by atoms with Gasteiger partial charge in [0.25, 0.3) is 5.56 Å². The van der Waals surface area contributed by atoms with E-state index in [1.165, 1.54) is 20.0 Å². The van der Waals surface area contributed by atoms with E-state index in [2.05, 4.69) is 21.7 Å². The molecule has 2 aromatic carbocycles. The SMILES string of the molecule is CC(=O)Nc1cccc(-c2cn([C@@H]3CCCN(c4cc(=O)n(C)c(=O)n4Cc4ccccc4C#N)C3)nn2)c1. The molecule has 2 aromatic heterocycles. The number of hydrogen-bond donors (Lipinski definition) is 1. The number of carbonyl (C=O) groups excluding carboxylic acids is 1. The number of nitrogens with one attached hydrogen (secondary N) is 1. The van der Waals surface area contributed by atoms with Gasteiger partial charge in [0, 0.05) is 44.4 Å². The molecule has 1 atom stereocenters. The first-order valence-corrected chi connectivity index (χ1v) is 12.7. The van der Waals surface area contributed by atoms with Crippen LogP contribution < -0.4 is 21.5 Å². The number of amides is 1. The lowest BCUT2D eigenvalue weighted by Gasteiger charge is -2.35. The number of piperidine rings is 1. The summed E-state index contributed by atoms with van der Waals surface area (Å²) in [5.74, 6) is 0.368. The second-order valence-electron chi connectivity index (χ2n) is 9.63. The van der Waals surface area contributed by atoms with Crippen LogP contribution in [-0.4, -0.2) is 43.1 Å². The van der Waals surface area contributed by atoms with Crippen LogP contribution in [0.25, 0.3) is 11.3 Å². The lowest BCUT2D eigenvalue weighted by Crippen LogP contribution is -2.44. The Morgan fingerprint density at radius 1 is 1.15 bits per heavy atom. The van der Waals surface area contributed by atoms with E-state index in [1.54, 1.807) is 16.7 Å². The van der Waals surface area contributed by atoms with Crippen molar-refractivity contribution in [1.82, 2.24) is 24.1 Å². The first kappa shape index (κ1) is 25.7. The fourth-order valence-electron chi connectivity index (χ4n) is 4.93. The summed E-state index contributed by atoms with van der Waals surface area (Å²) in [6, 6.07) is 18.2. The number of hydrogen-bond acceptors (Lipinski definition) is 7. The van der Waals surface area contributed by atoms with Gasteiger partial charge in [0.05, 0.1) is 30.4 Å². The van der Waals surface area contributed by atoms with Crippen LogP contribution in [0.15, 0.2) is 70.4 Å². The van der Waals surface area contributed by atoms with E-state index in [-0.39, 0.29) is 24.1 Å². The van der Waals surface area contributed by atoms with Gasteiger partial charge in [0.2, 0.25) is 5.91 Å². The van der Waals surface area contributed by atoms with Crippen LogP contribution in [0.2, 0.25) is 0 Å². The Bertz CT molecular complexity index is 1690. The summed E-state index contributed by atoms with van der Waals surface area (Å²) in [6.45, 7) is 2.83. The van der Waals surface area contributed by atoms with E-state index in [0.29, 0.717) is 41.4 Å². The third kappa shape index (κ3) is 5.36. The molecule has 5 rings (SSSR count). The predicted molar refractivity (Wildman–Crippen MR) is 146 cm³/mol. The topological polar surface area (TPSA) is 131 Å². The van der Waals surface area contributed by atoms with Crippen LogP contribution in [0, 0.1) is 11.3 Å².